The van der Waals surface area contributed by atoms with E-state index in [0.717, 1.165) is 11.1 Å². The lowest BCUT2D eigenvalue weighted by Gasteiger charge is -2.18. The predicted molar refractivity (Wildman–Crippen MR) is 181 cm³/mol. The van der Waals surface area contributed by atoms with Crippen LogP contribution in [-0.4, -0.2) is 60.3 Å². The highest BCUT2D eigenvalue weighted by Gasteiger charge is 2.21. The lowest BCUT2D eigenvalue weighted by Crippen LogP contribution is -2.27. The van der Waals surface area contributed by atoms with Crippen molar-refractivity contribution < 1.29 is 28.7 Å². The van der Waals surface area contributed by atoms with Crippen LogP contribution in [0.25, 0.3) is 22.4 Å². The number of hydrogen-bond acceptors (Lipinski definition) is 8. The van der Waals surface area contributed by atoms with Crippen molar-refractivity contribution in [1.82, 2.24) is 24.1 Å². The predicted octanol–water partition coefficient (Wildman–Crippen LogP) is 5.89. The van der Waals surface area contributed by atoms with Gasteiger partial charge in [-0.1, -0.05) is 12.7 Å². The van der Waals surface area contributed by atoms with Crippen molar-refractivity contribution in [3.8, 4) is 11.4 Å². The normalized spacial score (nSPS) is 11.1. The van der Waals surface area contributed by atoms with Crippen molar-refractivity contribution >= 4 is 57.9 Å². The number of benzene rings is 2. The molecule has 5 aromatic rings. The van der Waals surface area contributed by atoms with Gasteiger partial charge in [0.1, 0.15) is 23.7 Å². The third-order valence-corrected chi connectivity index (χ3v) is 6.68. The van der Waals surface area contributed by atoms with Crippen LogP contribution in [0.1, 0.15) is 41.9 Å². The van der Waals surface area contributed by atoms with Gasteiger partial charge in [-0.25, -0.2) is 19.6 Å². The van der Waals surface area contributed by atoms with Crippen LogP contribution in [0.5, 0.6) is 0 Å². The van der Waals surface area contributed by atoms with Gasteiger partial charge in [0.25, 0.3) is 11.8 Å². The molecule has 2 aromatic carbocycles. The van der Waals surface area contributed by atoms with Crippen LogP contribution in [0.2, 0.25) is 0 Å². The van der Waals surface area contributed by atoms with E-state index >= 15 is 0 Å². The Morgan fingerprint density at radius 3 is 2.25 bits per heavy atom. The second-order valence-electron chi connectivity index (χ2n) is 11.7. The van der Waals surface area contributed by atoms with Crippen LogP contribution in [0.15, 0.2) is 73.6 Å². The van der Waals surface area contributed by atoms with Gasteiger partial charge in [0.15, 0.2) is 5.82 Å². The molecule has 5 N–H and O–H groups in total. The van der Waals surface area contributed by atoms with Crippen LogP contribution < -0.4 is 21.3 Å². The number of rotatable bonds is 9. The summed E-state index contributed by atoms with van der Waals surface area (Å²) in [7, 11) is 3.30. The number of anilines is 4. The fourth-order valence-electron chi connectivity index (χ4n) is 4.61. The molecular weight excluding hydrogens is 618 g/mol. The fourth-order valence-corrected chi connectivity index (χ4v) is 4.61. The highest BCUT2D eigenvalue weighted by atomic mass is 16.6. The summed E-state index contributed by atoms with van der Waals surface area (Å²) in [5.41, 5.74) is 3.29. The molecule has 0 unspecified atom stereocenters. The minimum atomic E-state index is -0.691. The standard InChI is InChI=1S/C33H35N9O6/c1-7-14-47-31(45)36-21-12-13-23-24(15-21)38-27(37-23)19-8-10-20(11-9-19)34-29(43)25-16-22(17-41(25)5)35-30(44)28-39-26(18-42(28)6)40-32(46)48-33(2,3)4/h7-13,15-18H,1,14H2,2-6H3,(H,34,43)(H,35,44)(H,36,45)(H,37,38)(H,40,46). The lowest BCUT2D eigenvalue weighted by molar-refractivity contribution is 0.0634. The molecule has 3 heterocycles. The van der Waals surface area contributed by atoms with E-state index in [1.165, 1.54) is 16.8 Å². The first kappa shape index (κ1) is 33.0. The van der Waals surface area contributed by atoms with Gasteiger partial charge >= 0.3 is 12.2 Å². The zero-order valence-electron chi connectivity index (χ0n) is 27.0. The Kier molecular flexibility index (Phi) is 9.31. The molecule has 4 amide bonds. The van der Waals surface area contributed by atoms with Gasteiger partial charge in [0.2, 0.25) is 5.82 Å². The van der Waals surface area contributed by atoms with E-state index in [-0.39, 0.29) is 24.2 Å². The van der Waals surface area contributed by atoms with Crippen molar-refractivity contribution in [1.29, 1.82) is 0 Å². The van der Waals surface area contributed by atoms with E-state index in [0.29, 0.717) is 34.1 Å². The van der Waals surface area contributed by atoms with Crippen molar-refractivity contribution in [2.45, 2.75) is 26.4 Å². The second-order valence-corrected chi connectivity index (χ2v) is 11.7. The first-order valence-electron chi connectivity index (χ1n) is 14.8. The summed E-state index contributed by atoms with van der Waals surface area (Å²) in [6.45, 7) is 8.84. The molecule has 15 nitrogen and oxygen atoms in total. The van der Waals surface area contributed by atoms with Gasteiger partial charge in [0, 0.05) is 43.4 Å². The number of aromatic nitrogens is 5. The molecule has 0 atom stereocenters. The zero-order chi connectivity index (χ0) is 34.6. The zero-order valence-corrected chi connectivity index (χ0v) is 27.0. The smallest absolute Gasteiger partial charge is 0.413 e. The summed E-state index contributed by atoms with van der Waals surface area (Å²) < 4.78 is 13.2. The molecular formula is C33H35N9O6. The molecule has 0 aliphatic rings. The van der Waals surface area contributed by atoms with Gasteiger partial charge in [-0.3, -0.25) is 20.2 Å². The number of ether oxygens (including phenoxy) is 2. The summed E-state index contributed by atoms with van der Waals surface area (Å²) in [5.74, 6) is -0.116. The number of nitrogens with one attached hydrogen (secondary N) is 5. The van der Waals surface area contributed by atoms with Gasteiger partial charge in [-0.2, -0.15) is 0 Å². The van der Waals surface area contributed by atoms with Gasteiger partial charge < -0.3 is 34.2 Å². The van der Waals surface area contributed by atoms with E-state index in [2.05, 4.69) is 42.8 Å². The van der Waals surface area contributed by atoms with E-state index in [9.17, 15) is 19.2 Å². The maximum Gasteiger partial charge on any atom is 0.413 e. The van der Waals surface area contributed by atoms with E-state index < -0.39 is 23.7 Å². The van der Waals surface area contributed by atoms with Crippen LogP contribution in [0.4, 0.5) is 32.5 Å². The van der Waals surface area contributed by atoms with Crippen molar-refractivity contribution in [2.24, 2.45) is 14.1 Å². The molecule has 3 aromatic heterocycles. The highest BCUT2D eigenvalue weighted by molar-refractivity contribution is 6.06. The quantitative estimate of drug-likeness (QED) is 0.122. The molecule has 5 rings (SSSR count). The van der Waals surface area contributed by atoms with E-state index in [4.69, 9.17) is 9.47 Å². The number of carbonyl (C=O) groups excluding carboxylic acids is 4. The van der Waals surface area contributed by atoms with Gasteiger partial charge in [0.05, 0.1) is 16.7 Å². The molecule has 0 aliphatic carbocycles. The number of aromatic amines is 1. The van der Waals surface area contributed by atoms with Crippen molar-refractivity contribution in [3.05, 3.63) is 85.1 Å². The average Bonchev–Trinajstić information content (AvgIpc) is 3.71. The molecule has 0 aliphatic heterocycles. The topological polar surface area (TPSA) is 186 Å². The summed E-state index contributed by atoms with van der Waals surface area (Å²) in [6.07, 6.45) is 3.29. The Balaban J connectivity index is 1.20. The number of hydrogen-bond donors (Lipinski definition) is 5. The summed E-state index contributed by atoms with van der Waals surface area (Å²) in [6, 6.07) is 13.9. The maximum absolute atomic E-state index is 13.1. The highest BCUT2D eigenvalue weighted by Crippen LogP contribution is 2.25. The Morgan fingerprint density at radius 1 is 0.833 bits per heavy atom. The fraction of sp³-hybridized carbons (Fsp3) is 0.212. The third-order valence-electron chi connectivity index (χ3n) is 6.68. The SMILES string of the molecule is C=CCOC(=O)Nc1ccc2[nH]c(-c3ccc(NC(=O)c4cc(NC(=O)c5nc(NC(=O)OC(C)(C)C)cn5C)cn4C)cc3)nc2c1. The summed E-state index contributed by atoms with van der Waals surface area (Å²) >= 11 is 0. The number of amides is 4. The van der Waals surface area contributed by atoms with Crippen molar-refractivity contribution in [3.63, 3.8) is 0 Å². The molecule has 0 radical (unpaired) electrons. The minimum absolute atomic E-state index is 0.0431. The van der Waals surface area contributed by atoms with E-state index in [1.54, 1.807) is 82.0 Å². The minimum Gasteiger partial charge on any atom is -0.445 e. The van der Waals surface area contributed by atoms with Crippen LogP contribution in [-0.2, 0) is 23.6 Å². The number of carbonyl (C=O) groups is 4. The van der Waals surface area contributed by atoms with Gasteiger partial charge in [-0.15, -0.1) is 0 Å². The number of fused-ring (bicyclic) bond motifs is 1. The molecule has 248 valence electrons. The maximum atomic E-state index is 13.1. The van der Waals surface area contributed by atoms with Gasteiger partial charge in [-0.05, 0) is 69.3 Å². The molecule has 0 spiro atoms. The largest absolute Gasteiger partial charge is 0.445 e. The average molecular weight is 654 g/mol. The first-order valence-corrected chi connectivity index (χ1v) is 14.8. The Labute approximate surface area is 275 Å². The van der Waals surface area contributed by atoms with Crippen LogP contribution in [0, 0.1) is 0 Å². The monoisotopic (exact) mass is 653 g/mol. The second kappa shape index (κ2) is 13.5. The Bertz CT molecular complexity index is 2010. The van der Waals surface area contributed by atoms with Crippen LogP contribution in [0.3, 0.4) is 0 Å². The van der Waals surface area contributed by atoms with E-state index in [1.807, 2.05) is 12.1 Å². The number of nitrogens with zero attached hydrogens (tertiary/aromatic N) is 4. The molecule has 0 bridgehead atoms. The molecule has 0 saturated carbocycles. The first-order chi connectivity index (χ1) is 22.8. The number of H-pyrrole nitrogens is 1. The molecule has 0 fully saturated rings. The number of imidazole rings is 2. The Hall–Kier alpha value is -6.38. The van der Waals surface area contributed by atoms with Crippen LogP contribution >= 0.6 is 0 Å². The summed E-state index contributed by atoms with van der Waals surface area (Å²) in [4.78, 5) is 62.1. The lowest BCUT2D eigenvalue weighted by atomic mass is 10.2. The van der Waals surface area contributed by atoms with Crippen molar-refractivity contribution in [2.75, 3.05) is 27.9 Å². The third kappa shape index (κ3) is 8.06. The Morgan fingerprint density at radius 2 is 1.54 bits per heavy atom. The number of aryl methyl sites for hydroxylation is 2. The molecule has 0 saturated heterocycles. The summed E-state index contributed by atoms with van der Waals surface area (Å²) in [5, 5.41) is 10.7. The molecule has 48 heavy (non-hydrogen) atoms. The molecule has 15 heteroatoms.